The molecule has 6 rings (SSSR count). The Kier molecular flexibility index (Phi) is 7.27. The first kappa shape index (κ1) is 27.0. The maximum Gasteiger partial charge on any atom is 0.337 e. The van der Waals surface area contributed by atoms with E-state index in [1.165, 1.54) is 0 Å². The fourth-order valence-corrected chi connectivity index (χ4v) is 5.35. The van der Waals surface area contributed by atoms with Crippen molar-refractivity contribution in [2.75, 3.05) is 38.2 Å². The van der Waals surface area contributed by atoms with Crippen LogP contribution in [0.2, 0.25) is 0 Å². The highest BCUT2D eigenvalue weighted by Crippen LogP contribution is 2.32. The molecule has 0 bridgehead atoms. The molecule has 0 spiro atoms. The Morgan fingerprint density at radius 2 is 1.48 bits per heavy atom. The molecular weight excluding hydrogens is 528 g/mol. The number of amides is 1. The number of carboxylic acids is 1. The highest BCUT2D eigenvalue weighted by atomic mass is 16.5. The maximum absolute atomic E-state index is 13.6. The fourth-order valence-electron chi connectivity index (χ4n) is 5.35. The number of piperazine rings is 1. The van der Waals surface area contributed by atoms with Crippen LogP contribution in [0, 0.1) is 6.92 Å². The van der Waals surface area contributed by atoms with Gasteiger partial charge in [-0.25, -0.2) is 14.8 Å². The zero-order valence-electron chi connectivity index (χ0n) is 23.4. The summed E-state index contributed by atoms with van der Waals surface area (Å²) >= 11 is 0. The smallest absolute Gasteiger partial charge is 0.337 e. The molecule has 0 aliphatic carbocycles. The zero-order chi connectivity index (χ0) is 29.2. The SMILES string of the molecule is COc1ccc(-c2cnc(C(=O)N3CCN(c4cc5ccccc5cc4C(=O)O)CC3)nc2-c2ccc(C)cc2)cc1. The van der Waals surface area contributed by atoms with E-state index < -0.39 is 5.97 Å². The van der Waals surface area contributed by atoms with Crippen molar-refractivity contribution in [3.8, 4) is 28.1 Å². The first-order chi connectivity index (χ1) is 20.4. The third-order valence-electron chi connectivity index (χ3n) is 7.71. The van der Waals surface area contributed by atoms with Gasteiger partial charge in [0.2, 0.25) is 5.82 Å². The fraction of sp³-hybridized carbons (Fsp3) is 0.176. The summed E-state index contributed by atoms with van der Waals surface area (Å²) in [5.74, 6) is -0.334. The molecule has 0 radical (unpaired) electrons. The van der Waals surface area contributed by atoms with Crippen molar-refractivity contribution in [3.63, 3.8) is 0 Å². The van der Waals surface area contributed by atoms with Crippen LogP contribution in [0.5, 0.6) is 5.75 Å². The monoisotopic (exact) mass is 558 g/mol. The van der Waals surface area contributed by atoms with E-state index in [1.807, 2.05) is 90.7 Å². The van der Waals surface area contributed by atoms with E-state index in [-0.39, 0.29) is 17.3 Å². The summed E-state index contributed by atoms with van der Waals surface area (Å²) < 4.78 is 5.31. The van der Waals surface area contributed by atoms with Gasteiger partial charge in [0.25, 0.3) is 5.91 Å². The van der Waals surface area contributed by atoms with Crippen molar-refractivity contribution in [1.29, 1.82) is 0 Å². The number of hydrogen-bond acceptors (Lipinski definition) is 6. The number of fused-ring (bicyclic) bond motifs is 1. The lowest BCUT2D eigenvalue weighted by atomic mass is 10.00. The van der Waals surface area contributed by atoms with Crippen LogP contribution in [0.1, 0.15) is 26.5 Å². The van der Waals surface area contributed by atoms with Gasteiger partial charge in [0.15, 0.2) is 0 Å². The minimum absolute atomic E-state index is 0.133. The molecule has 42 heavy (non-hydrogen) atoms. The predicted molar refractivity (Wildman–Crippen MR) is 163 cm³/mol. The summed E-state index contributed by atoms with van der Waals surface area (Å²) in [4.78, 5) is 38.8. The van der Waals surface area contributed by atoms with Crippen LogP contribution in [0.4, 0.5) is 5.69 Å². The molecule has 1 saturated heterocycles. The predicted octanol–water partition coefficient (Wildman–Crippen LogP) is 5.94. The van der Waals surface area contributed by atoms with Crippen molar-refractivity contribution in [2.24, 2.45) is 0 Å². The molecular formula is C34H30N4O4. The van der Waals surface area contributed by atoms with Crippen LogP contribution in [0.15, 0.2) is 91.1 Å². The maximum atomic E-state index is 13.6. The highest BCUT2D eigenvalue weighted by molar-refractivity contribution is 6.01. The van der Waals surface area contributed by atoms with Gasteiger partial charge in [0.1, 0.15) is 5.75 Å². The third kappa shape index (κ3) is 5.26. The van der Waals surface area contributed by atoms with E-state index in [4.69, 9.17) is 9.72 Å². The Morgan fingerprint density at radius 1 is 0.833 bits per heavy atom. The van der Waals surface area contributed by atoms with Crippen molar-refractivity contribution >= 4 is 28.3 Å². The first-order valence-corrected chi connectivity index (χ1v) is 13.8. The number of anilines is 1. The summed E-state index contributed by atoms with van der Waals surface area (Å²) in [5, 5.41) is 11.8. The van der Waals surface area contributed by atoms with Gasteiger partial charge in [-0.2, -0.15) is 0 Å². The number of rotatable bonds is 6. The van der Waals surface area contributed by atoms with Gasteiger partial charge in [0.05, 0.1) is 24.1 Å². The summed E-state index contributed by atoms with van der Waals surface area (Å²) in [6.45, 7) is 3.88. The van der Waals surface area contributed by atoms with Crippen LogP contribution >= 0.6 is 0 Å². The highest BCUT2D eigenvalue weighted by Gasteiger charge is 2.27. The Morgan fingerprint density at radius 3 is 2.12 bits per heavy atom. The van der Waals surface area contributed by atoms with Gasteiger partial charge in [-0.15, -0.1) is 0 Å². The Hall–Kier alpha value is -5.24. The number of nitrogens with zero attached hydrogens (tertiary/aromatic N) is 4. The van der Waals surface area contributed by atoms with Crippen LogP contribution in [-0.2, 0) is 0 Å². The molecule has 1 amide bonds. The molecule has 2 heterocycles. The van der Waals surface area contributed by atoms with E-state index in [0.717, 1.165) is 38.8 Å². The molecule has 1 fully saturated rings. The van der Waals surface area contributed by atoms with Gasteiger partial charge in [-0.3, -0.25) is 4.79 Å². The van der Waals surface area contributed by atoms with E-state index >= 15 is 0 Å². The molecule has 5 aromatic rings. The molecule has 0 unspecified atom stereocenters. The third-order valence-corrected chi connectivity index (χ3v) is 7.71. The second-order valence-electron chi connectivity index (χ2n) is 10.4. The summed E-state index contributed by atoms with van der Waals surface area (Å²) in [7, 11) is 1.63. The van der Waals surface area contributed by atoms with Gasteiger partial charge in [-0.05, 0) is 47.5 Å². The number of methoxy groups -OCH3 is 1. The van der Waals surface area contributed by atoms with Crippen LogP contribution in [0.25, 0.3) is 33.2 Å². The molecule has 1 aliphatic heterocycles. The number of ether oxygens (including phenoxy) is 1. The molecule has 8 nitrogen and oxygen atoms in total. The minimum atomic E-state index is -0.969. The normalized spacial score (nSPS) is 13.3. The van der Waals surface area contributed by atoms with Crippen molar-refractivity contribution < 1.29 is 19.4 Å². The standard InChI is InChI=1S/C34H30N4O4/c1-22-7-9-24(10-8-22)31-29(23-11-13-27(42-2)14-12-23)21-35-32(36-31)33(39)38-17-15-37(16-18-38)30-20-26-6-4-3-5-25(26)19-28(30)34(40)41/h3-14,19-21H,15-18H2,1-2H3,(H,40,41). The van der Waals surface area contributed by atoms with E-state index in [2.05, 4.69) is 4.98 Å². The minimum Gasteiger partial charge on any atom is -0.497 e. The largest absolute Gasteiger partial charge is 0.497 e. The number of aryl methyl sites for hydroxylation is 1. The average molecular weight is 559 g/mol. The molecule has 0 saturated carbocycles. The number of carboxylic acid groups (broad SMARTS) is 1. The number of benzene rings is 4. The Labute approximate surface area is 243 Å². The first-order valence-electron chi connectivity index (χ1n) is 13.8. The van der Waals surface area contributed by atoms with Crippen molar-refractivity contribution in [2.45, 2.75) is 6.92 Å². The van der Waals surface area contributed by atoms with Crippen LogP contribution < -0.4 is 9.64 Å². The number of aromatic carboxylic acids is 1. The van der Waals surface area contributed by atoms with Crippen LogP contribution in [-0.4, -0.2) is 65.1 Å². The molecule has 210 valence electrons. The van der Waals surface area contributed by atoms with Crippen molar-refractivity contribution in [3.05, 3.63) is 108 Å². The van der Waals surface area contributed by atoms with Gasteiger partial charge >= 0.3 is 5.97 Å². The van der Waals surface area contributed by atoms with E-state index in [9.17, 15) is 14.7 Å². The molecule has 1 aliphatic rings. The second kappa shape index (κ2) is 11.3. The molecule has 1 N–H and O–H groups in total. The Bertz CT molecular complexity index is 1780. The number of carbonyl (C=O) groups is 2. The van der Waals surface area contributed by atoms with E-state index in [0.29, 0.717) is 37.6 Å². The lowest BCUT2D eigenvalue weighted by Crippen LogP contribution is -2.49. The van der Waals surface area contributed by atoms with Crippen molar-refractivity contribution in [1.82, 2.24) is 14.9 Å². The lowest BCUT2D eigenvalue weighted by molar-refractivity contribution is 0.0692. The number of carbonyl (C=O) groups excluding carboxylic acids is 1. The van der Waals surface area contributed by atoms with Crippen LogP contribution in [0.3, 0.4) is 0 Å². The molecule has 8 heteroatoms. The summed E-state index contributed by atoms with van der Waals surface area (Å²) in [6.07, 6.45) is 1.71. The summed E-state index contributed by atoms with van der Waals surface area (Å²) in [6, 6.07) is 27.1. The topological polar surface area (TPSA) is 95.9 Å². The van der Waals surface area contributed by atoms with Gasteiger partial charge in [0, 0.05) is 43.5 Å². The van der Waals surface area contributed by atoms with Gasteiger partial charge < -0.3 is 19.6 Å². The molecule has 4 aromatic carbocycles. The molecule has 1 aromatic heterocycles. The van der Waals surface area contributed by atoms with Gasteiger partial charge in [-0.1, -0.05) is 66.2 Å². The second-order valence-corrected chi connectivity index (χ2v) is 10.4. The molecule has 0 atom stereocenters. The lowest BCUT2D eigenvalue weighted by Gasteiger charge is -2.36. The average Bonchev–Trinajstić information content (AvgIpc) is 3.04. The quantitative estimate of drug-likeness (QED) is 0.276. The summed E-state index contributed by atoms with van der Waals surface area (Å²) in [5.41, 5.74) is 5.36. The number of aromatic nitrogens is 2. The zero-order valence-corrected chi connectivity index (χ0v) is 23.4. The number of hydrogen-bond donors (Lipinski definition) is 1. The Balaban J connectivity index is 1.27. The van der Waals surface area contributed by atoms with E-state index in [1.54, 1.807) is 24.3 Å².